The lowest BCUT2D eigenvalue weighted by molar-refractivity contribution is 0.0615. The zero-order valence-electron chi connectivity index (χ0n) is 16.3. The van der Waals surface area contributed by atoms with Crippen molar-refractivity contribution in [2.45, 2.75) is 24.3 Å². The van der Waals surface area contributed by atoms with Crippen molar-refractivity contribution in [3.05, 3.63) is 60.2 Å². The highest BCUT2D eigenvalue weighted by Crippen LogP contribution is 2.36. The van der Waals surface area contributed by atoms with E-state index in [1.165, 1.54) is 0 Å². The number of hydrogen-bond donors (Lipinski definition) is 1. The van der Waals surface area contributed by atoms with Crippen molar-refractivity contribution in [2.24, 2.45) is 0 Å². The number of rotatable bonds is 5. The highest BCUT2D eigenvalue weighted by Gasteiger charge is 2.50. The third-order valence-corrected chi connectivity index (χ3v) is 5.51. The van der Waals surface area contributed by atoms with E-state index in [1.54, 1.807) is 23.9 Å². The molecule has 9 heteroatoms. The van der Waals surface area contributed by atoms with E-state index in [0.29, 0.717) is 24.6 Å². The fourth-order valence-electron chi connectivity index (χ4n) is 4.02. The molecule has 4 unspecified atom stereocenters. The Balaban J connectivity index is 1.34. The first kappa shape index (κ1) is 18.7. The number of nitrogens with one attached hydrogen (secondary N) is 1. The molecule has 1 N–H and O–H groups in total. The van der Waals surface area contributed by atoms with Crippen LogP contribution in [0.25, 0.3) is 11.4 Å². The van der Waals surface area contributed by atoms with Crippen LogP contribution in [0.2, 0.25) is 0 Å². The summed E-state index contributed by atoms with van der Waals surface area (Å²) in [6.45, 7) is 0.774. The molecule has 0 radical (unpaired) electrons. The van der Waals surface area contributed by atoms with Gasteiger partial charge in [0.05, 0.1) is 26.4 Å². The number of tetrazole rings is 1. The van der Waals surface area contributed by atoms with Crippen molar-refractivity contribution in [3.8, 4) is 17.1 Å². The number of carbonyl (C=O) groups excluding carboxylic acids is 1. The van der Waals surface area contributed by atoms with Gasteiger partial charge in [0, 0.05) is 11.1 Å². The maximum absolute atomic E-state index is 12.5. The molecule has 30 heavy (non-hydrogen) atoms. The molecule has 2 aliphatic rings. The Morgan fingerprint density at radius 1 is 1.10 bits per heavy atom. The van der Waals surface area contributed by atoms with Crippen LogP contribution in [0.3, 0.4) is 0 Å². The van der Waals surface area contributed by atoms with Crippen molar-refractivity contribution >= 4 is 5.91 Å². The van der Waals surface area contributed by atoms with Crippen molar-refractivity contribution < 1.29 is 19.0 Å². The lowest BCUT2D eigenvalue weighted by Gasteiger charge is -2.18. The summed E-state index contributed by atoms with van der Waals surface area (Å²) in [5.74, 6) is 1.20. The molecule has 3 aromatic rings. The highest BCUT2D eigenvalue weighted by atomic mass is 16.6. The summed E-state index contributed by atoms with van der Waals surface area (Å²) in [5, 5.41) is 15.3. The zero-order valence-corrected chi connectivity index (χ0v) is 16.3. The third kappa shape index (κ3) is 3.31. The fraction of sp³-hybridized carbons (Fsp3) is 0.333. The lowest BCUT2D eigenvalue weighted by atomic mass is 10.1. The average molecular weight is 407 g/mol. The molecule has 2 aromatic carbocycles. The Hall–Kier alpha value is -3.30. The second kappa shape index (κ2) is 7.85. The topological polar surface area (TPSA) is 100 Å². The van der Waals surface area contributed by atoms with E-state index in [9.17, 15) is 4.79 Å². The van der Waals surface area contributed by atoms with Crippen LogP contribution < -0.4 is 10.1 Å². The van der Waals surface area contributed by atoms with E-state index >= 15 is 0 Å². The maximum atomic E-state index is 12.5. The molecule has 2 fully saturated rings. The van der Waals surface area contributed by atoms with Gasteiger partial charge in [0.15, 0.2) is 5.82 Å². The van der Waals surface area contributed by atoms with Gasteiger partial charge in [-0.15, -0.1) is 5.10 Å². The summed E-state index contributed by atoms with van der Waals surface area (Å²) < 4.78 is 19.1. The minimum absolute atomic E-state index is 0.142. The Kier molecular flexibility index (Phi) is 4.89. The number of amides is 1. The molecule has 2 aliphatic heterocycles. The van der Waals surface area contributed by atoms with Crippen molar-refractivity contribution in [1.82, 2.24) is 25.5 Å². The first-order valence-electron chi connectivity index (χ1n) is 9.76. The van der Waals surface area contributed by atoms with E-state index in [4.69, 9.17) is 14.2 Å². The summed E-state index contributed by atoms with van der Waals surface area (Å²) >= 11 is 0. The molecule has 0 bridgehead atoms. The molecular formula is C21H21N5O4. The number of aromatic nitrogens is 4. The quantitative estimate of drug-likeness (QED) is 0.684. The summed E-state index contributed by atoms with van der Waals surface area (Å²) in [6.07, 6.45) is -0.510. The van der Waals surface area contributed by atoms with Crippen LogP contribution >= 0.6 is 0 Å². The average Bonchev–Trinajstić information content (AvgIpc) is 3.52. The summed E-state index contributed by atoms with van der Waals surface area (Å²) in [6, 6.07) is 16.3. The molecule has 0 aliphatic carbocycles. The Labute approximate surface area is 172 Å². The fourth-order valence-corrected chi connectivity index (χ4v) is 4.02. The molecule has 5 rings (SSSR count). The Morgan fingerprint density at radius 2 is 1.93 bits per heavy atom. The smallest absolute Gasteiger partial charge is 0.251 e. The normalized spacial score (nSPS) is 25.1. The van der Waals surface area contributed by atoms with Gasteiger partial charge in [0.1, 0.15) is 24.0 Å². The largest absolute Gasteiger partial charge is 0.497 e. The number of ether oxygens (including phenoxy) is 3. The van der Waals surface area contributed by atoms with Crippen molar-refractivity contribution in [2.75, 3.05) is 20.3 Å². The maximum Gasteiger partial charge on any atom is 0.251 e. The van der Waals surface area contributed by atoms with Gasteiger partial charge in [-0.25, -0.2) is 4.68 Å². The SMILES string of the molecule is COc1cccc(-c2nnnn2C2COC3C(NC(=O)c4ccccc4)COC32)c1. The second-order valence-electron chi connectivity index (χ2n) is 7.29. The van der Waals surface area contributed by atoms with Crippen molar-refractivity contribution in [1.29, 1.82) is 0 Å². The van der Waals surface area contributed by atoms with E-state index in [1.807, 2.05) is 42.5 Å². The predicted molar refractivity (Wildman–Crippen MR) is 106 cm³/mol. The zero-order chi connectivity index (χ0) is 20.5. The van der Waals surface area contributed by atoms with Gasteiger partial charge >= 0.3 is 0 Å². The molecule has 2 saturated heterocycles. The summed E-state index contributed by atoms with van der Waals surface area (Å²) in [4.78, 5) is 12.5. The lowest BCUT2D eigenvalue weighted by Crippen LogP contribution is -2.44. The van der Waals surface area contributed by atoms with Gasteiger partial charge in [0.25, 0.3) is 5.91 Å². The van der Waals surface area contributed by atoms with Crippen LogP contribution in [-0.4, -0.2) is 64.7 Å². The van der Waals surface area contributed by atoms with Crippen molar-refractivity contribution in [3.63, 3.8) is 0 Å². The number of fused-ring (bicyclic) bond motifs is 1. The molecule has 4 atom stereocenters. The molecule has 1 aromatic heterocycles. The van der Waals surface area contributed by atoms with Crippen LogP contribution in [0, 0.1) is 0 Å². The minimum Gasteiger partial charge on any atom is -0.497 e. The van der Waals surface area contributed by atoms with Crippen LogP contribution in [0.15, 0.2) is 54.6 Å². The van der Waals surface area contributed by atoms with Gasteiger partial charge < -0.3 is 19.5 Å². The number of benzene rings is 2. The standard InChI is InChI=1S/C21H21N5O4/c1-28-15-9-5-8-14(10-15)20-23-24-25-26(20)17-12-30-18-16(11-29-19(17)18)22-21(27)13-6-3-2-4-7-13/h2-10,16-19H,11-12H2,1H3,(H,22,27). The predicted octanol–water partition coefficient (Wildman–Crippen LogP) is 1.49. The van der Waals surface area contributed by atoms with Gasteiger partial charge in [0.2, 0.25) is 0 Å². The highest BCUT2D eigenvalue weighted by molar-refractivity contribution is 5.94. The van der Waals surface area contributed by atoms with E-state index in [2.05, 4.69) is 20.8 Å². The first-order valence-corrected chi connectivity index (χ1v) is 9.76. The van der Waals surface area contributed by atoms with Crippen LogP contribution in [0.1, 0.15) is 16.4 Å². The monoisotopic (exact) mass is 407 g/mol. The molecule has 9 nitrogen and oxygen atoms in total. The van der Waals surface area contributed by atoms with E-state index in [-0.39, 0.29) is 30.2 Å². The van der Waals surface area contributed by atoms with Crippen LogP contribution in [-0.2, 0) is 9.47 Å². The molecular weight excluding hydrogens is 386 g/mol. The van der Waals surface area contributed by atoms with Gasteiger partial charge in [-0.3, -0.25) is 4.79 Å². The second-order valence-corrected chi connectivity index (χ2v) is 7.29. The number of nitrogens with zero attached hydrogens (tertiary/aromatic N) is 4. The first-order chi connectivity index (χ1) is 14.7. The number of hydrogen-bond acceptors (Lipinski definition) is 7. The molecule has 0 saturated carbocycles. The molecule has 3 heterocycles. The van der Waals surface area contributed by atoms with E-state index in [0.717, 1.165) is 11.3 Å². The third-order valence-electron chi connectivity index (χ3n) is 5.51. The van der Waals surface area contributed by atoms with Gasteiger partial charge in [-0.2, -0.15) is 0 Å². The molecule has 1 amide bonds. The number of methoxy groups -OCH3 is 1. The van der Waals surface area contributed by atoms with Crippen LogP contribution in [0.4, 0.5) is 0 Å². The van der Waals surface area contributed by atoms with E-state index < -0.39 is 0 Å². The van der Waals surface area contributed by atoms with Crippen LogP contribution in [0.5, 0.6) is 5.75 Å². The van der Waals surface area contributed by atoms with Gasteiger partial charge in [-0.1, -0.05) is 30.3 Å². The summed E-state index contributed by atoms with van der Waals surface area (Å²) in [5.41, 5.74) is 1.45. The number of carbonyl (C=O) groups is 1. The molecule has 0 spiro atoms. The Morgan fingerprint density at radius 3 is 2.77 bits per heavy atom. The molecule has 154 valence electrons. The van der Waals surface area contributed by atoms with Gasteiger partial charge in [-0.05, 0) is 34.7 Å². The Bertz CT molecular complexity index is 1040. The summed E-state index contributed by atoms with van der Waals surface area (Å²) in [7, 11) is 1.62. The minimum atomic E-state index is -0.259.